The van der Waals surface area contributed by atoms with Crippen LogP contribution in [0.1, 0.15) is 12.5 Å². The largest absolute Gasteiger partial charge is 0.488 e. The quantitative estimate of drug-likeness (QED) is 0.890. The first-order chi connectivity index (χ1) is 9.10. The molecule has 1 aromatic rings. The van der Waals surface area contributed by atoms with Gasteiger partial charge in [0.1, 0.15) is 12.4 Å². The zero-order valence-corrected chi connectivity index (χ0v) is 12.6. The Morgan fingerprint density at radius 1 is 1.53 bits per heavy atom. The molecule has 0 aliphatic carbocycles. The summed E-state index contributed by atoms with van der Waals surface area (Å²) in [5.74, 6) is 0.732. The molecule has 0 saturated carbocycles. The Kier molecular flexibility index (Phi) is 4.61. The molecule has 0 spiro atoms. The molecule has 1 heterocycles. The van der Waals surface area contributed by atoms with Crippen LogP contribution in [0.4, 0.5) is 0 Å². The van der Waals surface area contributed by atoms with Gasteiger partial charge in [-0.1, -0.05) is 15.9 Å². The molecular weight excluding hydrogens is 308 g/mol. The summed E-state index contributed by atoms with van der Waals surface area (Å²) in [5.41, 5.74) is 1.57. The molecule has 102 valence electrons. The van der Waals surface area contributed by atoms with Crippen LogP contribution in [0.3, 0.4) is 0 Å². The molecule has 1 aliphatic heterocycles. The van der Waals surface area contributed by atoms with E-state index >= 15 is 0 Å². The zero-order valence-electron chi connectivity index (χ0n) is 11.0. The molecule has 0 fully saturated rings. The van der Waals surface area contributed by atoms with Gasteiger partial charge in [0.25, 0.3) is 5.91 Å². The molecule has 1 aliphatic rings. The van der Waals surface area contributed by atoms with E-state index in [0.29, 0.717) is 18.7 Å². The second kappa shape index (κ2) is 6.21. The molecule has 0 saturated heterocycles. The van der Waals surface area contributed by atoms with Gasteiger partial charge in [0.15, 0.2) is 0 Å². The third-order valence-corrected chi connectivity index (χ3v) is 3.53. The molecule has 4 nitrogen and oxygen atoms in total. The molecule has 5 heteroatoms. The Bertz CT molecular complexity index is 514. The normalized spacial score (nSPS) is 15.0. The average molecular weight is 325 g/mol. The number of nitrogens with one attached hydrogen (secondary N) is 2. The fourth-order valence-corrected chi connectivity index (χ4v) is 2.12. The van der Waals surface area contributed by atoms with Crippen LogP contribution >= 0.6 is 15.9 Å². The van der Waals surface area contributed by atoms with E-state index in [9.17, 15) is 4.79 Å². The molecule has 1 unspecified atom stereocenters. The number of ether oxygens (including phenoxy) is 1. The summed E-state index contributed by atoms with van der Waals surface area (Å²) in [7, 11) is 1.87. The number of hydrogen-bond donors (Lipinski definition) is 2. The minimum atomic E-state index is -0.0762. The average Bonchev–Trinajstić information content (AvgIpc) is 2.43. The number of halogens is 1. The number of amides is 1. The lowest BCUT2D eigenvalue weighted by Crippen LogP contribution is -2.38. The smallest absolute Gasteiger partial charge is 0.250 e. The number of likely N-dealkylation sites (N-methyl/N-ethyl adjacent to an activating group) is 1. The number of carbonyl (C=O) groups is 1. The SMILES string of the molecule is CNC(C)CNC(=O)C1=Cc2cc(Br)ccc2OC1. The van der Waals surface area contributed by atoms with Crippen molar-refractivity contribution in [3.05, 3.63) is 33.8 Å². The molecule has 2 rings (SSSR count). The Morgan fingerprint density at radius 2 is 2.32 bits per heavy atom. The lowest BCUT2D eigenvalue weighted by atomic mass is 10.1. The minimum absolute atomic E-state index is 0.0762. The van der Waals surface area contributed by atoms with Crippen molar-refractivity contribution in [1.82, 2.24) is 10.6 Å². The van der Waals surface area contributed by atoms with Crippen LogP contribution in [0, 0.1) is 0 Å². The number of hydrogen-bond acceptors (Lipinski definition) is 3. The highest BCUT2D eigenvalue weighted by Crippen LogP contribution is 2.29. The van der Waals surface area contributed by atoms with E-state index in [2.05, 4.69) is 26.6 Å². The van der Waals surface area contributed by atoms with E-state index in [1.54, 1.807) is 0 Å². The molecular formula is C14H17BrN2O2. The van der Waals surface area contributed by atoms with Crippen molar-refractivity contribution >= 4 is 27.9 Å². The predicted octanol–water partition coefficient (Wildman–Crippen LogP) is 1.95. The minimum Gasteiger partial charge on any atom is -0.488 e. The third kappa shape index (κ3) is 3.58. The number of carbonyl (C=O) groups excluding carboxylic acids is 1. The van der Waals surface area contributed by atoms with Gasteiger partial charge in [-0.05, 0) is 38.2 Å². The van der Waals surface area contributed by atoms with E-state index < -0.39 is 0 Å². The Labute approximate surface area is 121 Å². The van der Waals surface area contributed by atoms with E-state index in [4.69, 9.17) is 4.74 Å². The van der Waals surface area contributed by atoms with Crippen molar-refractivity contribution in [3.8, 4) is 5.75 Å². The Morgan fingerprint density at radius 3 is 3.05 bits per heavy atom. The van der Waals surface area contributed by atoms with E-state index in [1.807, 2.05) is 38.2 Å². The van der Waals surface area contributed by atoms with E-state index in [0.717, 1.165) is 15.8 Å². The number of fused-ring (bicyclic) bond motifs is 1. The monoisotopic (exact) mass is 324 g/mol. The summed E-state index contributed by atoms with van der Waals surface area (Å²) < 4.78 is 6.55. The summed E-state index contributed by atoms with van der Waals surface area (Å²) in [6.45, 7) is 2.92. The summed E-state index contributed by atoms with van der Waals surface area (Å²) in [6.07, 6.45) is 1.88. The maximum atomic E-state index is 12.0. The van der Waals surface area contributed by atoms with Crippen LogP contribution in [-0.4, -0.2) is 32.1 Å². The van der Waals surface area contributed by atoms with Gasteiger partial charge in [-0.15, -0.1) is 0 Å². The maximum absolute atomic E-state index is 12.0. The maximum Gasteiger partial charge on any atom is 0.250 e. The van der Waals surface area contributed by atoms with Gasteiger partial charge >= 0.3 is 0 Å². The zero-order chi connectivity index (χ0) is 13.8. The third-order valence-electron chi connectivity index (χ3n) is 3.04. The molecule has 2 N–H and O–H groups in total. The second-order valence-corrected chi connectivity index (χ2v) is 5.46. The van der Waals surface area contributed by atoms with Gasteiger partial charge in [-0.2, -0.15) is 0 Å². The first-order valence-corrected chi connectivity index (χ1v) is 6.98. The highest BCUT2D eigenvalue weighted by molar-refractivity contribution is 9.10. The van der Waals surface area contributed by atoms with Crippen LogP contribution < -0.4 is 15.4 Å². The van der Waals surface area contributed by atoms with Crippen molar-refractivity contribution in [2.75, 3.05) is 20.2 Å². The summed E-state index contributed by atoms with van der Waals surface area (Å²) in [4.78, 5) is 12.0. The van der Waals surface area contributed by atoms with Gasteiger partial charge in [0.05, 0.1) is 5.57 Å². The van der Waals surface area contributed by atoms with Crippen molar-refractivity contribution < 1.29 is 9.53 Å². The van der Waals surface area contributed by atoms with Gasteiger partial charge in [-0.3, -0.25) is 4.79 Å². The molecule has 19 heavy (non-hydrogen) atoms. The predicted molar refractivity (Wildman–Crippen MR) is 79.1 cm³/mol. The lowest BCUT2D eigenvalue weighted by Gasteiger charge is -2.18. The first kappa shape index (κ1) is 14.1. The fraction of sp³-hybridized carbons (Fsp3) is 0.357. The Hall–Kier alpha value is -1.33. The summed E-state index contributed by atoms with van der Waals surface area (Å²) in [5, 5.41) is 5.96. The molecule has 0 aromatic heterocycles. The van der Waals surface area contributed by atoms with Crippen LogP contribution in [-0.2, 0) is 4.79 Å². The van der Waals surface area contributed by atoms with Crippen molar-refractivity contribution in [1.29, 1.82) is 0 Å². The summed E-state index contributed by atoms with van der Waals surface area (Å²) >= 11 is 3.41. The Balaban J connectivity index is 2.08. The topological polar surface area (TPSA) is 50.4 Å². The first-order valence-electron chi connectivity index (χ1n) is 6.18. The van der Waals surface area contributed by atoms with Crippen LogP contribution in [0.25, 0.3) is 6.08 Å². The highest BCUT2D eigenvalue weighted by atomic mass is 79.9. The number of benzene rings is 1. The fourth-order valence-electron chi connectivity index (χ4n) is 1.74. The van der Waals surface area contributed by atoms with Crippen molar-refractivity contribution in [3.63, 3.8) is 0 Å². The van der Waals surface area contributed by atoms with Crippen molar-refractivity contribution in [2.24, 2.45) is 0 Å². The summed E-state index contributed by atoms with van der Waals surface area (Å²) in [6, 6.07) is 6.01. The van der Waals surface area contributed by atoms with Crippen LogP contribution in [0.5, 0.6) is 5.75 Å². The van der Waals surface area contributed by atoms with Crippen LogP contribution in [0.2, 0.25) is 0 Å². The second-order valence-electron chi connectivity index (χ2n) is 4.54. The molecule has 1 amide bonds. The van der Waals surface area contributed by atoms with Gasteiger partial charge in [0.2, 0.25) is 0 Å². The molecule has 0 bridgehead atoms. The van der Waals surface area contributed by atoms with E-state index in [-0.39, 0.29) is 11.9 Å². The molecule has 1 aromatic carbocycles. The standard InChI is InChI=1S/C14H17BrN2O2/c1-9(16-2)7-17-14(18)11-5-10-6-12(15)3-4-13(10)19-8-11/h3-6,9,16H,7-8H2,1-2H3,(H,17,18). The molecule has 0 radical (unpaired) electrons. The molecule has 1 atom stereocenters. The lowest BCUT2D eigenvalue weighted by molar-refractivity contribution is -0.117. The van der Waals surface area contributed by atoms with Gasteiger partial charge < -0.3 is 15.4 Å². The van der Waals surface area contributed by atoms with Crippen molar-refractivity contribution in [2.45, 2.75) is 13.0 Å². The van der Waals surface area contributed by atoms with Gasteiger partial charge in [-0.25, -0.2) is 0 Å². The highest BCUT2D eigenvalue weighted by Gasteiger charge is 2.17. The number of rotatable bonds is 4. The van der Waals surface area contributed by atoms with Crippen LogP contribution in [0.15, 0.2) is 28.2 Å². The van der Waals surface area contributed by atoms with Gasteiger partial charge in [0, 0.05) is 22.6 Å². The van der Waals surface area contributed by atoms with E-state index in [1.165, 1.54) is 0 Å².